The summed E-state index contributed by atoms with van der Waals surface area (Å²) >= 11 is 0. The van der Waals surface area contributed by atoms with E-state index in [0.29, 0.717) is 10.8 Å². The Hall–Kier alpha value is -1.30. The smallest absolute Gasteiger partial charge is 0.0260 e. The molecular weight excluding hydrogens is 408 g/mol. The summed E-state index contributed by atoms with van der Waals surface area (Å²) in [6.45, 7) is 11.0. The van der Waals surface area contributed by atoms with Crippen LogP contribution in [0.25, 0.3) is 6.08 Å². The molecule has 4 saturated carbocycles. The predicted molar refractivity (Wildman–Crippen MR) is 150 cm³/mol. The van der Waals surface area contributed by atoms with Gasteiger partial charge in [-0.25, -0.2) is 0 Å². The lowest BCUT2D eigenvalue weighted by Crippen LogP contribution is -2.52. The zero-order valence-electron chi connectivity index (χ0n) is 22.6. The maximum atomic E-state index is 3.48. The number of hydrogen-bond acceptors (Lipinski definition) is 0. The average Bonchev–Trinajstić information content (AvgIpc) is 3.20. The van der Waals surface area contributed by atoms with Crippen LogP contribution in [0.5, 0.6) is 0 Å². The molecule has 34 heavy (non-hydrogen) atoms. The van der Waals surface area contributed by atoms with Crippen LogP contribution >= 0.6 is 0 Å². The third-order valence-electron chi connectivity index (χ3n) is 11.1. The zero-order valence-corrected chi connectivity index (χ0v) is 22.6. The number of hydrogen-bond donors (Lipinski definition) is 0. The fourth-order valence-electron chi connectivity index (χ4n) is 9.14. The molecule has 4 aliphatic carbocycles. The molecule has 0 N–H and O–H groups in total. The molecular formula is C34H52. The topological polar surface area (TPSA) is 0 Å². The van der Waals surface area contributed by atoms with Crippen molar-refractivity contribution in [1.29, 1.82) is 0 Å². The molecule has 0 radical (unpaired) electrons. The zero-order chi connectivity index (χ0) is 24.0. The molecule has 7 unspecified atom stereocenters. The number of rotatable bonds is 6. The summed E-state index contributed by atoms with van der Waals surface area (Å²) in [6, 6.07) is 10.8. The number of allylic oxidation sites excluding steroid dienone is 2. The normalized spacial score (nSPS) is 38.9. The Morgan fingerprint density at radius 3 is 2.41 bits per heavy atom. The molecule has 0 heterocycles. The molecule has 0 bridgehead atoms. The maximum absolute atomic E-state index is 3.48. The van der Waals surface area contributed by atoms with E-state index in [1.807, 2.05) is 6.08 Å². The Kier molecular flexibility index (Phi) is 8.81. The van der Waals surface area contributed by atoms with Gasteiger partial charge in [0.2, 0.25) is 0 Å². The van der Waals surface area contributed by atoms with Gasteiger partial charge in [-0.2, -0.15) is 0 Å². The van der Waals surface area contributed by atoms with Crippen molar-refractivity contribution >= 4 is 6.08 Å². The van der Waals surface area contributed by atoms with Gasteiger partial charge in [0, 0.05) is 0 Å². The van der Waals surface area contributed by atoms with E-state index in [1.54, 1.807) is 38.5 Å². The SMILES string of the molecule is C=CCC.CC12CCCCC1CCC1C2CCC2(C)C(CCC/C=C/c3ccccc3)CCC12. The second-order valence-corrected chi connectivity index (χ2v) is 12.7. The standard InChI is InChI=1S/C30H44.C4H8/c1-29-21-10-9-15-24(29)16-18-26-27-19-17-25(30(27,2)22-20-28(26)29)14-8-4-7-13-23-11-5-3-6-12-23;1-3-4-2/h3,5-7,11-13,24-28H,4,8-10,14-22H2,1-2H3;3H,1,4H2,2H3/b13-7+;. The van der Waals surface area contributed by atoms with Crippen molar-refractivity contribution in [2.75, 3.05) is 0 Å². The summed E-state index contributed by atoms with van der Waals surface area (Å²) in [4.78, 5) is 0. The van der Waals surface area contributed by atoms with Gasteiger partial charge in [0.15, 0.2) is 0 Å². The van der Waals surface area contributed by atoms with Crippen molar-refractivity contribution in [3.05, 3.63) is 54.6 Å². The van der Waals surface area contributed by atoms with E-state index in [9.17, 15) is 0 Å². The molecule has 1 aromatic carbocycles. The van der Waals surface area contributed by atoms with Gasteiger partial charge in [-0.15, -0.1) is 6.58 Å². The largest absolute Gasteiger partial charge is 0.103 e. The fraction of sp³-hybridized carbons (Fsp3) is 0.706. The van der Waals surface area contributed by atoms with E-state index in [4.69, 9.17) is 0 Å². The molecule has 0 heteroatoms. The van der Waals surface area contributed by atoms with E-state index in [1.165, 1.54) is 50.5 Å². The molecule has 0 nitrogen and oxygen atoms in total. The summed E-state index contributed by atoms with van der Waals surface area (Å²) in [7, 11) is 0. The average molecular weight is 461 g/mol. The molecule has 5 rings (SSSR count). The summed E-state index contributed by atoms with van der Waals surface area (Å²) in [6.07, 6.45) is 27.1. The van der Waals surface area contributed by atoms with Crippen LogP contribution in [0.15, 0.2) is 49.1 Å². The number of fused-ring (bicyclic) bond motifs is 5. The molecule has 188 valence electrons. The quantitative estimate of drug-likeness (QED) is 0.292. The van der Waals surface area contributed by atoms with Crippen molar-refractivity contribution in [3.8, 4) is 0 Å². The third kappa shape index (κ3) is 5.27. The lowest BCUT2D eigenvalue weighted by Gasteiger charge is -2.60. The van der Waals surface area contributed by atoms with Crippen molar-refractivity contribution in [2.45, 2.75) is 111 Å². The molecule has 1 aromatic rings. The van der Waals surface area contributed by atoms with Crippen LogP contribution in [-0.2, 0) is 0 Å². The van der Waals surface area contributed by atoms with Crippen LogP contribution in [0.1, 0.15) is 116 Å². The van der Waals surface area contributed by atoms with Crippen molar-refractivity contribution in [1.82, 2.24) is 0 Å². The first-order chi connectivity index (χ1) is 16.5. The van der Waals surface area contributed by atoms with Crippen molar-refractivity contribution < 1.29 is 0 Å². The Morgan fingerprint density at radius 1 is 0.882 bits per heavy atom. The molecule has 0 amide bonds. The Bertz CT molecular complexity index is 790. The van der Waals surface area contributed by atoms with Gasteiger partial charge in [-0.05, 0) is 123 Å². The van der Waals surface area contributed by atoms with Gasteiger partial charge in [-0.3, -0.25) is 0 Å². The lowest BCUT2D eigenvalue weighted by molar-refractivity contribution is -0.111. The summed E-state index contributed by atoms with van der Waals surface area (Å²) < 4.78 is 0. The second-order valence-electron chi connectivity index (χ2n) is 12.7. The molecule has 7 atom stereocenters. The Morgan fingerprint density at radius 2 is 1.65 bits per heavy atom. The second kappa shape index (κ2) is 11.6. The van der Waals surface area contributed by atoms with Crippen LogP contribution in [0.2, 0.25) is 0 Å². The van der Waals surface area contributed by atoms with Gasteiger partial charge >= 0.3 is 0 Å². The molecule has 0 spiro atoms. The molecule has 0 aliphatic heterocycles. The summed E-state index contributed by atoms with van der Waals surface area (Å²) in [5.74, 6) is 5.21. The maximum Gasteiger partial charge on any atom is -0.0260 e. The fourth-order valence-corrected chi connectivity index (χ4v) is 9.14. The summed E-state index contributed by atoms with van der Waals surface area (Å²) in [5.41, 5.74) is 2.70. The third-order valence-corrected chi connectivity index (χ3v) is 11.1. The minimum atomic E-state index is 0.655. The first-order valence-corrected chi connectivity index (χ1v) is 14.9. The van der Waals surface area contributed by atoms with Gasteiger partial charge in [0.25, 0.3) is 0 Å². The first kappa shape index (κ1) is 25.8. The Labute approximate surface area is 211 Å². The van der Waals surface area contributed by atoms with Crippen molar-refractivity contribution in [2.24, 2.45) is 40.4 Å². The highest BCUT2D eigenvalue weighted by Gasteiger charge is 2.59. The van der Waals surface area contributed by atoms with Crippen LogP contribution in [0.4, 0.5) is 0 Å². The number of unbranched alkanes of at least 4 members (excludes halogenated alkanes) is 1. The highest BCUT2D eigenvalue weighted by atomic mass is 14.6. The highest BCUT2D eigenvalue weighted by Crippen LogP contribution is 2.67. The van der Waals surface area contributed by atoms with Gasteiger partial charge in [0.1, 0.15) is 0 Å². The Balaban J connectivity index is 0.000000636. The highest BCUT2D eigenvalue weighted by molar-refractivity contribution is 5.48. The van der Waals surface area contributed by atoms with Gasteiger partial charge in [-0.1, -0.05) is 82.2 Å². The van der Waals surface area contributed by atoms with E-state index in [0.717, 1.165) is 36.0 Å². The van der Waals surface area contributed by atoms with E-state index in [2.05, 4.69) is 69.8 Å². The van der Waals surface area contributed by atoms with Gasteiger partial charge in [0.05, 0.1) is 0 Å². The van der Waals surface area contributed by atoms with Crippen LogP contribution in [0, 0.1) is 40.4 Å². The molecule has 4 aliphatic rings. The van der Waals surface area contributed by atoms with E-state index in [-0.39, 0.29) is 0 Å². The monoisotopic (exact) mass is 460 g/mol. The van der Waals surface area contributed by atoms with E-state index >= 15 is 0 Å². The van der Waals surface area contributed by atoms with Gasteiger partial charge < -0.3 is 0 Å². The van der Waals surface area contributed by atoms with E-state index < -0.39 is 0 Å². The number of benzene rings is 1. The predicted octanol–water partition coefficient (Wildman–Crippen LogP) is 10.5. The minimum absolute atomic E-state index is 0.655. The first-order valence-electron chi connectivity index (χ1n) is 14.9. The minimum Gasteiger partial charge on any atom is -0.103 e. The van der Waals surface area contributed by atoms with Crippen LogP contribution < -0.4 is 0 Å². The summed E-state index contributed by atoms with van der Waals surface area (Å²) in [5, 5.41) is 0. The van der Waals surface area contributed by atoms with Crippen LogP contribution in [0.3, 0.4) is 0 Å². The lowest BCUT2D eigenvalue weighted by atomic mass is 9.45. The molecule has 0 saturated heterocycles. The molecule has 4 fully saturated rings. The van der Waals surface area contributed by atoms with Crippen molar-refractivity contribution in [3.63, 3.8) is 0 Å². The van der Waals surface area contributed by atoms with Crippen LogP contribution in [-0.4, -0.2) is 0 Å². The molecule has 0 aromatic heterocycles.